The summed E-state index contributed by atoms with van der Waals surface area (Å²) in [5.41, 5.74) is -7.77. The van der Waals surface area contributed by atoms with Crippen LogP contribution in [-0.4, -0.2) is 474 Å². The van der Waals surface area contributed by atoms with Gasteiger partial charge >= 0.3 is 5.97 Å². The Morgan fingerprint density at radius 2 is 1.01 bits per heavy atom. The van der Waals surface area contributed by atoms with E-state index in [0.29, 0.717) is 44.9 Å². The summed E-state index contributed by atoms with van der Waals surface area (Å²) in [5, 5.41) is 284. The summed E-state index contributed by atoms with van der Waals surface area (Å²) in [6.07, 6.45) is -68.9. The molecule has 0 radical (unpaired) electrons. The third kappa shape index (κ3) is 23.0. The lowest BCUT2D eigenvalue weighted by Gasteiger charge is -2.71. The third-order valence-corrected chi connectivity index (χ3v) is 35.7. The predicted molar refractivity (Wildman–Crippen MR) is 489 cm³/mol. The maximum atomic E-state index is 16.9. The Morgan fingerprint density at radius 3 is 1.64 bits per heavy atom. The number of hydrogen-bond donors (Lipinski definition) is 26. The third-order valence-electron chi connectivity index (χ3n) is 35.7. The molecule has 14 aliphatic rings. The van der Waals surface area contributed by atoms with E-state index < -0.39 is 403 Å². The molecule has 9 saturated heterocycles. The Hall–Kier alpha value is -3.66. The Morgan fingerprint density at radius 1 is 0.486 bits per heavy atom. The first-order valence-electron chi connectivity index (χ1n) is 51.6. The minimum atomic E-state index is -2.32. The number of esters is 1. The summed E-state index contributed by atoms with van der Waals surface area (Å²) in [5.74, 6) is -5.40. The van der Waals surface area contributed by atoms with Gasteiger partial charge in [-0.3, -0.25) is 14.4 Å². The molecule has 26 N–H and O–H groups in total. The molecule has 55 atom stereocenters. The second-order valence-electron chi connectivity index (χ2n) is 45.5. The number of allylic oxidation sites excluding steroid dienone is 2. The predicted octanol–water partition coefficient (Wildman–Crippen LogP) is -7.08. The Bertz CT molecular complexity index is 4300. The summed E-state index contributed by atoms with van der Waals surface area (Å²) in [7, 11) is 0. The van der Waals surface area contributed by atoms with Crippen molar-refractivity contribution in [2.75, 3.05) is 52.9 Å². The van der Waals surface area contributed by atoms with Gasteiger partial charge in [-0.2, -0.15) is 0 Å². The van der Waals surface area contributed by atoms with E-state index in [1.165, 1.54) is 13.8 Å². The molecule has 5 aliphatic carbocycles. The van der Waals surface area contributed by atoms with E-state index in [4.69, 9.17) is 85.3 Å². The van der Waals surface area contributed by atoms with Crippen molar-refractivity contribution in [2.24, 2.45) is 68.0 Å². The van der Waals surface area contributed by atoms with Crippen LogP contribution in [0.25, 0.3) is 0 Å². The molecule has 17 unspecified atom stereocenters. The highest BCUT2D eigenvalue weighted by atomic mass is 16.8. The van der Waals surface area contributed by atoms with E-state index in [1.807, 2.05) is 41.5 Å². The van der Waals surface area contributed by atoms with Crippen LogP contribution in [0.5, 0.6) is 0 Å². The standard InChI is InChI=1S/C98H161NO47/c1-13-39(3)43(23-44(105)25-46(107)26-52(40(4)14-2)135-86-70(121)65(116)55(32-102)137-86)24-45(106)27-60(112)99-61-53(30-100)136-89(80(78(61)143-84-71(122)66(117)62(113)41(5)133-84)145-85-73(124)68(119)75(42(6)134-85)140-83-74(125)76(50(109)34-130-83)141-90-81(126)97(128,37-104)38-132-90)146-91(127)98-22-21-92(7,8)28-48(98)47-15-16-57-93(9)19-18-59(94(10,36-103)56(93)17-20-95(57,11)96(47,12)29-58(98)111)139-88-79(144-87-72(123)67(118)64(115)54(31-101)138-87)77(51(110)35-131-88)142-82-69(120)63(114)49(108)33-129-82/h15,36,39-43,45-46,48-59,61-90,100-102,104,106-111,113-126,128H,13-14,16-35,37-38H2,1-12H3,(H,99,112)/t39-,40-,41?,42?,43+,45+,46-,48?,49-,50-,51-,52+,53?,54?,55+,56-,57?,58?,59+,61+,62+,63+,64+,65-,66+,67+,68?,69?,70?,71?,72?,73+,74-,75+,76?,77+,78?,79?,80-,81?,82+,83+,84+,85+,86-,87+,88+,89+,90+,93?,94-,95+,96-,97+,98-/m1/s1. The van der Waals surface area contributed by atoms with E-state index in [-0.39, 0.29) is 62.7 Å². The first-order valence-corrected chi connectivity index (χ1v) is 51.6. The number of aliphatic hydroxyl groups excluding tert-OH is 24. The lowest BCUT2D eigenvalue weighted by Crippen LogP contribution is -2.71. The number of fused-ring (bicyclic) bond motifs is 7. The monoisotopic (exact) mass is 2100 g/mol. The molecule has 0 aromatic rings. The lowest BCUT2D eigenvalue weighted by molar-refractivity contribution is -0.386. The number of rotatable bonds is 38. The fourth-order valence-corrected chi connectivity index (χ4v) is 26.0. The number of ether oxygens (including phenoxy) is 18. The van der Waals surface area contributed by atoms with Crippen molar-refractivity contribution in [2.45, 2.75) is 456 Å². The van der Waals surface area contributed by atoms with Crippen LogP contribution in [0.15, 0.2) is 11.6 Å². The average Bonchev–Trinajstić information content (AvgIpc) is 0.721. The van der Waals surface area contributed by atoms with Crippen LogP contribution in [0.4, 0.5) is 0 Å². The number of nitrogens with one attached hydrogen (secondary N) is 1. The Labute approximate surface area is 845 Å². The SMILES string of the molecule is CC[C@@H](C)[C@@H](CC(=O)C[C@@H](O)C[C@H](O[C@@H]1O[C@@H](CO)[C@@H](O)C1O)[C@H](C)CC)C[C@H](O)CC(=O)N[C@H]1C(CO)O[C@@H](OC(=O)[C@]23CCC(C)(C)CC2C2=CCC4C5(C)CC[C@H](O[C@@H]6OC[C@@H](O)[C@H](O[C@@H]7OC[C@@H](O)[C@H](O)C7O)C6O[C@@H]6OC(CO)[C@H](O)[C@H](O)C6O)[C@](C)(C=O)[C@@H]5CC[C@]4(C)[C@]2(C)CC3O)[C@H](O[C@@H]2OC(C)[C@H](O[C@@H]3OC[C@@H](O)C(O[C@@H]4OC[C@@](O)(CO)C4O)[C@H]3O)C(O)[C@@H]2O)C1O[C@@H]1OC(C)[C@H](O)[C@H](O)C1O. The molecule has 13 fully saturated rings. The first kappa shape index (κ1) is 118. The smallest absolute Gasteiger partial charge is 0.317 e. The molecule has 146 heavy (non-hydrogen) atoms. The largest absolute Gasteiger partial charge is 0.432 e. The van der Waals surface area contributed by atoms with E-state index >= 15 is 9.59 Å². The van der Waals surface area contributed by atoms with Crippen molar-refractivity contribution >= 4 is 23.9 Å². The minimum Gasteiger partial charge on any atom is -0.432 e. The summed E-state index contributed by atoms with van der Waals surface area (Å²) >= 11 is 0. The average molecular weight is 2110 g/mol. The summed E-state index contributed by atoms with van der Waals surface area (Å²) in [6.45, 7) is 16.3. The van der Waals surface area contributed by atoms with Gasteiger partial charge in [0, 0.05) is 19.3 Å². The fourth-order valence-electron chi connectivity index (χ4n) is 26.0. The molecule has 9 aliphatic heterocycles. The molecular formula is C98H161NO47. The highest BCUT2D eigenvalue weighted by molar-refractivity contribution is 5.81. The van der Waals surface area contributed by atoms with Crippen molar-refractivity contribution in [3.63, 3.8) is 0 Å². The molecule has 0 aromatic carbocycles. The van der Waals surface area contributed by atoms with Gasteiger partial charge in [0.05, 0.1) is 113 Å². The van der Waals surface area contributed by atoms with E-state index in [2.05, 4.69) is 32.2 Å². The maximum absolute atomic E-state index is 16.9. The number of carbonyl (C=O) groups is 4. The zero-order valence-corrected chi connectivity index (χ0v) is 84.6. The highest BCUT2D eigenvalue weighted by Gasteiger charge is 2.74. The zero-order valence-electron chi connectivity index (χ0n) is 84.6. The van der Waals surface area contributed by atoms with Crippen molar-refractivity contribution in [3.8, 4) is 0 Å². The maximum Gasteiger partial charge on any atom is 0.317 e. The normalized spacial score (nSPS) is 49.5. The van der Waals surface area contributed by atoms with Crippen molar-refractivity contribution in [1.82, 2.24) is 5.32 Å². The van der Waals surface area contributed by atoms with E-state index in [9.17, 15) is 137 Å². The number of ketones is 1. The van der Waals surface area contributed by atoms with Crippen molar-refractivity contribution in [1.29, 1.82) is 0 Å². The van der Waals surface area contributed by atoms with Crippen LogP contribution in [0, 0.1) is 68.0 Å². The summed E-state index contributed by atoms with van der Waals surface area (Å²) in [4.78, 5) is 60.7. The molecule has 48 heteroatoms. The number of carbonyl (C=O) groups excluding carboxylic acids is 4. The van der Waals surface area contributed by atoms with Crippen LogP contribution < -0.4 is 5.32 Å². The van der Waals surface area contributed by atoms with Gasteiger partial charge in [-0.1, -0.05) is 93.7 Å². The highest BCUT2D eigenvalue weighted by Crippen LogP contribution is 2.76. The van der Waals surface area contributed by atoms with Gasteiger partial charge in [-0.15, -0.1) is 0 Å². The topological polar surface area (TPSA) is 752 Å². The van der Waals surface area contributed by atoms with Gasteiger partial charge in [-0.25, -0.2) is 0 Å². The number of Topliss-reactive ketones (excluding diaryl/α,β-unsaturated/α-hetero) is 1. The number of aliphatic hydroxyl groups is 25. The quantitative estimate of drug-likeness (QED) is 0.0118. The molecule has 4 saturated carbocycles. The number of amides is 1. The van der Waals surface area contributed by atoms with Gasteiger partial charge in [0.15, 0.2) is 56.4 Å². The van der Waals surface area contributed by atoms with Gasteiger partial charge in [-0.05, 0) is 135 Å². The van der Waals surface area contributed by atoms with Crippen molar-refractivity contribution < 1.29 is 232 Å². The molecule has 0 bridgehead atoms. The number of aldehydes is 1. The summed E-state index contributed by atoms with van der Waals surface area (Å²) in [6, 6.07) is -1.85. The zero-order chi connectivity index (χ0) is 107. The molecule has 0 spiro atoms. The van der Waals surface area contributed by atoms with Gasteiger partial charge in [0.2, 0.25) is 12.2 Å². The van der Waals surface area contributed by atoms with Gasteiger partial charge < -0.3 is 223 Å². The second-order valence-corrected chi connectivity index (χ2v) is 45.5. The molecule has 1 amide bonds. The van der Waals surface area contributed by atoms with Gasteiger partial charge in [0.25, 0.3) is 0 Å². The summed E-state index contributed by atoms with van der Waals surface area (Å²) < 4.78 is 111. The molecule has 0 aromatic heterocycles. The minimum absolute atomic E-state index is 0.0511. The van der Waals surface area contributed by atoms with E-state index in [1.54, 1.807) is 6.92 Å². The molecule has 840 valence electrons. The van der Waals surface area contributed by atoms with Crippen LogP contribution in [0.3, 0.4) is 0 Å². The van der Waals surface area contributed by atoms with Gasteiger partial charge in [0.1, 0.15) is 176 Å². The van der Waals surface area contributed by atoms with Crippen LogP contribution in [0.1, 0.15) is 186 Å². The molecule has 48 nitrogen and oxygen atoms in total. The fraction of sp³-hybridized carbons (Fsp3) is 0.939. The molecule has 14 rings (SSSR count). The van der Waals surface area contributed by atoms with Crippen LogP contribution in [-0.2, 0) is 104 Å². The first-order chi connectivity index (χ1) is 68.7. The Kier molecular flexibility index (Phi) is 38.3. The van der Waals surface area contributed by atoms with Crippen LogP contribution in [0.2, 0.25) is 0 Å². The lowest BCUT2D eigenvalue weighted by atomic mass is 9.33. The molecular weight excluding hydrogens is 1940 g/mol. The van der Waals surface area contributed by atoms with Crippen LogP contribution >= 0.6 is 0 Å². The molecule has 9 heterocycles. The number of hydrogen-bond acceptors (Lipinski definition) is 47. The van der Waals surface area contributed by atoms with Crippen molar-refractivity contribution in [3.05, 3.63) is 11.6 Å². The van der Waals surface area contributed by atoms with E-state index in [0.717, 1.165) is 11.9 Å². The Balaban J connectivity index is 0.757. The second kappa shape index (κ2) is 47.4.